The third-order valence-electron chi connectivity index (χ3n) is 4.48. The molecule has 2 aromatic heterocycles. The number of hydrogen-bond donors (Lipinski definition) is 2. The second-order valence-electron chi connectivity index (χ2n) is 6.20. The molecule has 1 aromatic carbocycles. The molecule has 3 aromatic rings. The number of hydrogen-bond acceptors (Lipinski definition) is 4. The molecule has 0 aliphatic rings. The second-order valence-corrected chi connectivity index (χ2v) is 8.89. The van der Waals surface area contributed by atoms with Gasteiger partial charge in [0.05, 0.1) is 11.3 Å². The molecular formula is C18H18BrFN4O3S. The van der Waals surface area contributed by atoms with Crippen LogP contribution in [-0.2, 0) is 10.2 Å². The molecule has 0 amide bonds. The van der Waals surface area contributed by atoms with Gasteiger partial charge in [0.15, 0.2) is 5.78 Å². The van der Waals surface area contributed by atoms with E-state index in [1.54, 1.807) is 19.2 Å². The number of H-pyrrole nitrogens is 1. The summed E-state index contributed by atoms with van der Waals surface area (Å²) in [6.45, 7) is 3.45. The van der Waals surface area contributed by atoms with Crippen LogP contribution in [0.4, 0.5) is 10.1 Å². The van der Waals surface area contributed by atoms with Crippen molar-refractivity contribution in [3.8, 4) is 0 Å². The molecular weight excluding hydrogens is 451 g/mol. The zero-order chi connectivity index (χ0) is 20.6. The first kappa shape index (κ1) is 20.4. The Hall–Kier alpha value is -2.30. The third-order valence-corrected chi connectivity index (χ3v) is 6.47. The maximum absolute atomic E-state index is 14.6. The van der Waals surface area contributed by atoms with E-state index in [-0.39, 0.29) is 28.9 Å². The number of aromatic amines is 1. The number of anilines is 1. The SMILES string of the molecule is CCN(C)S(=O)(=O)Nc1ccc(F)c(C(=O)c2c[nH]c3ncc(Br)cc23)c1C. The molecule has 0 spiro atoms. The minimum Gasteiger partial charge on any atom is -0.345 e. The van der Waals surface area contributed by atoms with E-state index in [2.05, 4.69) is 30.6 Å². The molecule has 0 fully saturated rings. The Labute approximate surface area is 170 Å². The van der Waals surface area contributed by atoms with E-state index in [1.807, 2.05) is 0 Å². The molecule has 148 valence electrons. The van der Waals surface area contributed by atoms with Crippen LogP contribution in [0, 0.1) is 12.7 Å². The molecule has 2 N–H and O–H groups in total. The van der Waals surface area contributed by atoms with Crippen LogP contribution in [0.5, 0.6) is 0 Å². The lowest BCUT2D eigenvalue weighted by Gasteiger charge is -2.18. The van der Waals surface area contributed by atoms with Gasteiger partial charge in [-0.15, -0.1) is 0 Å². The summed E-state index contributed by atoms with van der Waals surface area (Å²) in [6.07, 6.45) is 3.05. The largest absolute Gasteiger partial charge is 0.345 e. The molecule has 10 heteroatoms. The average Bonchev–Trinajstić information content (AvgIpc) is 3.06. The standard InChI is InChI=1S/C18H18BrFN4O3S/c1-4-24(3)28(26,27)23-15-6-5-14(20)16(10(15)2)17(25)13-9-22-18-12(13)7-11(19)8-21-18/h5-9,23H,4H2,1-3H3,(H,21,22). The van der Waals surface area contributed by atoms with E-state index < -0.39 is 21.8 Å². The van der Waals surface area contributed by atoms with E-state index >= 15 is 0 Å². The Bertz CT molecular complexity index is 1180. The number of carbonyl (C=O) groups is 1. The van der Waals surface area contributed by atoms with Crippen molar-refractivity contribution in [2.45, 2.75) is 13.8 Å². The van der Waals surface area contributed by atoms with Crippen LogP contribution in [0.2, 0.25) is 0 Å². The monoisotopic (exact) mass is 468 g/mol. The summed E-state index contributed by atoms with van der Waals surface area (Å²) in [6, 6.07) is 4.09. The quantitative estimate of drug-likeness (QED) is 0.540. The molecule has 3 rings (SSSR count). The highest BCUT2D eigenvalue weighted by molar-refractivity contribution is 9.10. The highest BCUT2D eigenvalue weighted by atomic mass is 79.9. The van der Waals surface area contributed by atoms with E-state index in [9.17, 15) is 17.6 Å². The number of nitrogens with zero attached hydrogens (tertiary/aromatic N) is 2. The maximum atomic E-state index is 14.6. The summed E-state index contributed by atoms with van der Waals surface area (Å²) in [5.41, 5.74) is 0.891. The van der Waals surface area contributed by atoms with Crippen molar-refractivity contribution in [2.75, 3.05) is 18.3 Å². The van der Waals surface area contributed by atoms with Gasteiger partial charge in [0.25, 0.3) is 0 Å². The molecule has 0 atom stereocenters. The Morgan fingerprint density at radius 1 is 1.39 bits per heavy atom. The van der Waals surface area contributed by atoms with Crippen molar-refractivity contribution >= 4 is 48.6 Å². The van der Waals surface area contributed by atoms with Gasteiger partial charge in [-0.1, -0.05) is 6.92 Å². The van der Waals surface area contributed by atoms with Gasteiger partial charge >= 0.3 is 10.2 Å². The predicted molar refractivity (Wildman–Crippen MR) is 109 cm³/mol. The molecule has 0 bridgehead atoms. The van der Waals surface area contributed by atoms with Crippen LogP contribution >= 0.6 is 15.9 Å². The fourth-order valence-corrected chi connectivity index (χ4v) is 4.08. The minimum absolute atomic E-state index is 0.143. The summed E-state index contributed by atoms with van der Waals surface area (Å²) in [5.74, 6) is -1.29. The maximum Gasteiger partial charge on any atom is 0.301 e. The summed E-state index contributed by atoms with van der Waals surface area (Å²) >= 11 is 3.31. The van der Waals surface area contributed by atoms with Crippen LogP contribution in [-0.4, -0.2) is 42.1 Å². The van der Waals surface area contributed by atoms with Crippen molar-refractivity contribution in [2.24, 2.45) is 0 Å². The third kappa shape index (κ3) is 3.67. The highest BCUT2D eigenvalue weighted by Gasteiger charge is 2.24. The van der Waals surface area contributed by atoms with Gasteiger partial charge < -0.3 is 4.98 Å². The predicted octanol–water partition coefficient (Wildman–Crippen LogP) is 3.61. The zero-order valence-corrected chi connectivity index (χ0v) is 17.8. The van der Waals surface area contributed by atoms with Gasteiger partial charge in [0.1, 0.15) is 11.5 Å². The highest BCUT2D eigenvalue weighted by Crippen LogP contribution is 2.29. The smallest absolute Gasteiger partial charge is 0.301 e. The number of rotatable bonds is 6. The average molecular weight is 469 g/mol. The molecule has 28 heavy (non-hydrogen) atoms. The Balaban J connectivity index is 2.09. The Morgan fingerprint density at radius 2 is 2.11 bits per heavy atom. The minimum atomic E-state index is -3.81. The van der Waals surface area contributed by atoms with Crippen molar-refractivity contribution in [3.05, 3.63) is 57.6 Å². The lowest BCUT2D eigenvalue weighted by molar-refractivity contribution is 0.103. The van der Waals surface area contributed by atoms with Gasteiger partial charge in [-0.05, 0) is 46.6 Å². The summed E-state index contributed by atoms with van der Waals surface area (Å²) in [4.78, 5) is 20.2. The van der Waals surface area contributed by atoms with E-state index in [0.717, 1.165) is 10.4 Å². The van der Waals surface area contributed by atoms with Crippen LogP contribution in [0.1, 0.15) is 28.4 Å². The Morgan fingerprint density at radius 3 is 2.79 bits per heavy atom. The van der Waals surface area contributed by atoms with E-state index in [0.29, 0.717) is 15.5 Å². The number of fused-ring (bicyclic) bond motifs is 1. The first-order valence-corrected chi connectivity index (χ1v) is 10.6. The van der Waals surface area contributed by atoms with E-state index in [1.165, 1.54) is 26.2 Å². The van der Waals surface area contributed by atoms with Crippen molar-refractivity contribution < 1.29 is 17.6 Å². The molecule has 2 heterocycles. The zero-order valence-electron chi connectivity index (χ0n) is 15.4. The van der Waals surface area contributed by atoms with Gasteiger partial charge in [-0.3, -0.25) is 9.52 Å². The first-order chi connectivity index (χ1) is 13.2. The first-order valence-electron chi connectivity index (χ1n) is 8.36. The fraction of sp³-hybridized carbons (Fsp3) is 0.222. The Kier molecular flexibility index (Phi) is 5.55. The molecule has 0 radical (unpaired) electrons. The molecule has 0 unspecified atom stereocenters. The number of nitrogens with one attached hydrogen (secondary N) is 2. The number of benzene rings is 1. The van der Waals surface area contributed by atoms with Gasteiger partial charge in [0, 0.05) is 41.4 Å². The van der Waals surface area contributed by atoms with Crippen LogP contribution in [0.3, 0.4) is 0 Å². The van der Waals surface area contributed by atoms with Gasteiger partial charge in [-0.25, -0.2) is 9.37 Å². The van der Waals surface area contributed by atoms with Crippen LogP contribution in [0.15, 0.2) is 35.1 Å². The summed E-state index contributed by atoms with van der Waals surface area (Å²) in [7, 11) is -2.39. The van der Waals surface area contributed by atoms with Crippen molar-refractivity contribution in [1.82, 2.24) is 14.3 Å². The van der Waals surface area contributed by atoms with Crippen LogP contribution in [0.25, 0.3) is 11.0 Å². The van der Waals surface area contributed by atoms with Crippen molar-refractivity contribution in [3.63, 3.8) is 0 Å². The number of ketones is 1. The topological polar surface area (TPSA) is 95.2 Å². The van der Waals surface area contributed by atoms with Crippen LogP contribution < -0.4 is 4.72 Å². The van der Waals surface area contributed by atoms with Gasteiger partial charge in [0.2, 0.25) is 0 Å². The molecule has 7 nitrogen and oxygen atoms in total. The number of halogens is 2. The number of carbonyl (C=O) groups excluding carboxylic acids is 1. The van der Waals surface area contributed by atoms with E-state index in [4.69, 9.17) is 0 Å². The number of pyridine rings is 1. The molecule has 0 saturated carbocycles. The lowest BCUT2D eigenvalue weighted by atomic mass is 9.97. The summed E-state index contributed by atoms with van der Waals surface area (Å²) < 4.78 is 43.4. The summed E-state index contributed by atoms with van der Waals surface area (Å²) in [5, 5.41) is 0.537. The second kappa shape index (κ2) is 7.61. The van der Waals surface area contributed by atoms with Gasteiger partial charge in [-0.2, -0.15) is 12.7 Å². The molecule has 0 saturated heterocycles. The van der Waals surface area contributed by atoms with Crippen molar-refractivity contribution in [1.29, 1.82) is 0 Å². The fourth-order valence-electron chi connectivity index (χ4n) is 2.76. The molecule has 0 aliphatic heterocycles. The normalized spacial score (nSPS) is 11.9. The molecule has 0 aliphatic carbocycles. The number of aromatic nitrogens is 2. The lowest BCUT2D eigenvalue weighted by Crippen LogP contribution is -2.32.